The van der Waals surface area contributed by atoms with Crippen molar-refractivity contribution in [2.75, 3.05) is 12.3 Å². The molecule has 0 amide bonds. The van der Waals surface area contributed by atoms with Crippen molar-refractivity contribution >= 4 is 27.8 Å². The number of carboxylic acid groups (broad SMARTS) is 1. The van der Waals surface area contributed by atoms with E-state index >= 15 is 0 Å². The molecule has 1 aromatic heterocycles. The number of carboxylic acids is 1. The Bertz CT molecular complexity index is 622. The Morgan fingerprint density at radius 3 is 2.70 bits per heavy atom. The predicted molar refractivity (Wildman–Crippen MR) is 75.7 cm³/mol. The van der Waals surface area contributed by atoms with Crippen molar-refractivity contribution in [2.24, 2.45) is 0 Å². The normalized spacial score (nSPS) is 24.8. The van der Waals surface area contributed by atoms with E-state index in [2.05, 4.69) is 0 Å². The Morgan fingerprint density at radius 2 is 2.15 bits per heavy atom. The summed E-state index contributed by atoms with van der Waals surface area (Å²) in [6, 6.07) is 0.952. The van der Waals surface area contributed by atoms with Crippen LogP contribution in [0.2, 0.25) is 0 Å². The Morgan fingerprint density at radius 1 is 1.50 bits per heavy atom. The molecule has 0 saturated carbocycles. The highest BCUT2D eigenvalue weighted by Gasteiger charge is 2.37. The molecule has 6 nitrogen and oxygen atoms in total. The molecule has 20 heavy (non-hydrogen) atoms. The molecule has 0 aliphatic carbocycles. The van der Waals surface area contributed by atoms with Crippen LogP contribution in [0.1, 0.15) is 30.2 Å². The summed E-state index contributed by atoms with van der Waals surface area (Å²) >= 11 is 1.73. The Hall–Kier alpha value is -0.990. The average molecular weight is 319 g/mol. The van der Waals surface area contributed by atoms with Gasteiger partial charge in [-0.25, -0.2) is 13.2 Å². The summed E-state index contributed by atoms with van der Waals surface area (Å²) in [6.45, 7) is 5.74. The predicted octanol–water partition coefficient (Wildman–Crippen LogP) is 1.80. The largest absolute Gasteiger partial charge is 0.475 e. The zero-order valence-corrected chi connectivity index (χ0v) is 13.1. The monoisotopic (exact) mass is 319 g/mol. The first-order valence-corrected chi connectivity index (χ1v) is 8.71. The van der Waals surface area contributed by atoms with Crippen molar-refractivity contribution < 1.29 is 22.7 Å². The SMILES string of the molecule is Cc1oc(C(=O)O)cc1S(=O)(=O)N1CCSC(C)C1C. The lowest BCUT2D eigenvalue weighted by molar-refractivity contribution is 0.0661. The van der Waals surface area contributed by atoms with Gasteiger partial charge < -0.3 is 9.52 Å². The van der Waals surface area contributed by atoms with Gasteiger partial charge in [-0.15, -0.1) is 0 Å². The van der Waals surface area contributed by atoms with Crippen molar-refractivity contribution in [3.8, 4) is 0 Å². The molecule has 1 N–H and O–H groups in total. The second-order valence-electron chi connectivity index (χ2n) is 4.77. The van der Waals surface area contributed by atoms with Crippen LogP contribution in [0.25, 0.3) is 0 Å². The Labute approximate surface area is 122 Å². The van der Waals surface area contributed by atoms with Crippen LogP contribution in [-0.2, 0) is 10.0 Å². The molecule has 2 atom stereocenters. The summed E-state index contributed by atoms with van der Waals surface area (Å²) in [6.07, 6.45) is 0. The summed E-state index contributed by atoms with van der Waals surface area (Å²) in [7, 11) is -3.72. The fourth-order valence-corrected chi connectivity index (χ4v) is 5.36. The number of aromatic carboxylic acids is 1. The first kappa shape index (κ1) is 15.4. The highest BCUT2D eigenvalue weighted by molar-refractivity contribution is 8.00. The summed E-state index contributed by atoms with van der Waals surface area (Å²) in [5.74, 6) is -0.785. The number of hydrogen-bond donors (Lipinski definition) is 1. The number of aryl methyl sites for hydroxylation is 1. The second kappa shape index (κ2) is 5.42. The van der Waals surface area contributed by atoms with Crippen molar-refractivity contribution in [2.45, 2.75) is 37.0 Å². The molecule has 0 bridgehead atoms. The number of furan rings is 1. The summed E-state index contributed by atoms with van der Waals surface area (Å²) in [4.78, 5) is 10.8. The second-order valence-corrected chi connectivity index (χ2v) is 8.11. The molecule has 1 saturated heterocycles. The van der Waals surface area contributed by atoms with Gasteiger partial charge in [0.15, 0.2) is 0 Å². The van der Waals surface area contributed by atoms with Gasteiger partial charge >= 0.3 is 5.97 Å². The summed E-state index contributed by atoms with van der Waals surface area (Å²) in [5.41, 5.74) is 0. The van der Waals surface area contributed by atoms with Crippen LogP contribution in [0, 0.1) is 6.92 Å². The van der Waals surface area contributed by atoms with E-state index in [1.165, 1.54) is 11.2 Å². The van der Waals surface area contributed by atoms with Crippen LogP contribution in [0.15, 0.2) is 15.4 Å². The molecule has 1 aliphatic rings. The van der Waals surface area contributed by atoms with E-state index in [4.69, 9.17) is 9.52 Å². The zero-order chi connectivity index (χ0) is 15.1. The number of rotatable bonds is 3. The van der Waals surface area contributed by atoms with E-state index in [9.17, 15) is 13.2 Å². The van der Waals surface area contributed by atoms with Crippen LogP contribution in [0.5, 0.6) is 0 Å². The quantitative estimate of drug-likeness (QED) is 0.914. The highest BCUT2D eigenvalue weighted by Crippen LogP contribution is 2.31. The fraction of sp³-hybridized carbons (Fsp3) is 0.583. The zero-order valence-electron chi connectivity index (χ0n) is 11.5. The van der Waals surface area contributed by atoms with E-state index in [1.54, 1.807) is 11.8 Å². The van der Waals surface area contributed by atoms with Crippen molar-refractivity contribution in [3.05, 3.63) is 17.6 Å². The molecule has 0 radical (unpaired) electrons. The maximum Gasteiger partial charge on any atom is 0.371 e. The van der Waals surface area contributed by atoms with Gasteiger partial charge in [0, 0.05) is 29.7 Å². The molecule has 112 valence electrons. The molecule has 1 aromatic rings. The van der Waals surface area contributed by atoms with E-state index < -0.39 is 16.0 Å². The summed E-state index contributed by atoms with van der Waals surface area (Å²) in [5, 5.41) is 9.09. The van der Waals surface area contributed by atoms with Crippen LogP contribution < -0.4 is 0 Å². The van der Waals surface area contributed by atoms with Crippen LogP contribution >= 0.6 is 11.8 Å². The van der Waals surface area contributed by atoms with Gasteiger partial charge in [-0.05, 0) is 13.8 Å². The number of sulfonamides is 1. The van der Waals surface area contributed by atoms with Crippen LogP contribution in [0.3, 0.4) is 0 Å². The fourth-order valence-electron chi connectivity index (χ4n) is 2.20. The lowest BCUT2D eigenvalue weighted by atomic mass is 10.2. The number of carbonyl (C=O) groups is 1. The van der Waals surface area contributed by atoms with Crippen LogP contribution in [0.4, 0.5) is 0 Å². The Kier molecular flexibility index (Phi) is 4.17. The van der Waals surface area contributed by atoms with Gasteiger partial charge in [0.25, 0.3) is 0 Å². The topological polar surface area (TPSA) is 87.8 Å². The van der Waals surface area contributed by atoms with E-state index in [-0.39, 0.29) is 27.7 Å². The van der Waals surface area contributed by atoms with Crippen molar-refractivity contribution in [1.29, 1.82) is 0 Å². The van der Waals surface area contributed by atoms with Gasteiger partial charge in [0.2, 0.25) is 15.8 Å². The third-order valence-electron chi connectivity index (χ3n) is 3.50. The molecule has 1 aliphatic heterocycles. The molecule has 1 fully saturated rings. The van der Waals surface area contributed by atoms with Crippen LogP contribution in [-0.4, -0.2) is 47.4 Å². The first-order valence-electron chi connectivity index (χ1n) is 6.22. The van der Waals surface area contributed by atoms with E-state index in [0.717, 1.165) is 11.8 Å². The Balaban J connectivity index is 2.42. The van der Waals surface area contributed by atoms with E-state index in [1.807, 2.05) is 13.8 Å². The lowest BCUT2D eigenvalue weighted by Crippen LogP contribution is -2.47. The molecular weight excluding hydrogens is 302 g/mol. The minimum atomic E-state index is -3.72. The maximum atomic E-state index is 12.7. The van der Waals surface area contributed by atoms with Gasteiger partial charge in [-0.1, -0.05) is 6.92 Å². The minimum Gasteiger partial charge on any atom is -0.475 e. The van der Waals surface area contributed by atoms with Gasteiger partial charge in [0.1, 0.15) is 10.7 Å². The van der Waals surface area contributed by atoms with Crippen molar-refractivity contribution in [1.82, 2.24) is 4.31 Å². The van der Waals surface area contributed by atoms with Gasteiger partial charge in [-0.2, -0.15) is 16.1 Å². The first-order chi connectivity index (χ1) is 9.25. The summed E-state index contributed by atoms with van der Waals surface area (Å²) < 4.78 is 31.8. The molecule has 2 heterocycles. The van der Waals surface area contributed by atoms with Gasteiger partial charge in [0.05, 0.1) is 0 Å². The molecule has 2 rings (SSSR count). The molecule has 0 aromatic carbocycles. The maximum absolute atomic E-state index is 12.7. The molecular formula is C12H17NO5S2. The van der Waals surface area contributed by atoms with E-state index in [0.29, 0.717) is 6.54 Å². The third-order valence-corrected chi connectivity index (χ3v) is 6.93. The van der Waals surface area contributed by atoms with Gasteiger partial charge in [-0.3, -0.25) is 0 Å². The highest BCUT2D eigenvalue weighted by atomic mass is 32.2. The third kappa shape index (κ3) is 2.59. The minimum absolute atomic E-state index is 0.0548. The molecule has 2 unspecified atom stereocenters. The lowest BCUT2D eigenvalue weighted by Gasteiger charge is -2.36. The number of nitrogens with zero attached hydrogens (tertiary/aromatic N) is 1. The van der Waals surface area contributed by atoms with Crippen molar-refractivity contribution in [3.63, 3.8) is 0 Å². The smallest absolute Gasteiger partial charge is 0.371 e. The standard InChI is InChI=1S/C12H17NO5S2/c1-7-9(3)19-5-4-13(7)20(16,17)11-6-10(12(14)15)18-8(11)2/h6-7,9H,4-5H2,1-3H3,(H,14,15). The number of hydrogen-bond acceptors (Lipinski definition) is 5. The average Bonchev–Trinajstić information content (AvgIpc) is 2.75. The molecule has 8 heteroatoms. The molecule has 0 spiro atoms. The number of thioether (sulfide) groups is 1.